The van der Waals surface area contributed by atoms with Crippen molar-refractivity contribution in [3.63, 3.8) is 0 Å². The zero-order valence-corrected chi connectivity index (χ0v) is 19.6. The number of rotatable bonds is 7. The number of nitrogens with zero attached hydrogens (tertiary/aromatic N) is 1. The van der Waals surface area contributed by atoms with E-state index >= 15 is 0 Å². The third-order valence-electron chi connectivity index (χ3n) is 4.98. The van der Waals surface area contributed by atoms with Crippen LogP contribution in [0.3, 0.4) is 0 Å². The number of carbonyl (C=O) groups is 3. The second-order valence-corrected chi connectivity index (χ2v) is 9.68. The van der Waals surface area contributed by atoms with Crippen molar-refractivity contribution in [3.05, 3.63) is 47.5 Å². The van der Waals surface area contributed by atoms with Crippen molar-refractivity contribution < 1.29 is 27.5 Å². The van der Waals surface area contributed by atoms with Gasteiger partial charge in [-0.05, 0) is 47.9 Å². The van der Waals surface area contributed by atoms with Crippen molar-refractivity contribution in [2.75, 3.05) is 34.8 Å². The maximum atomic E-state index is 13.2. The first-order valence-electron chi connectivity index (χ1n) is 10.2. The Bertz CT molecular complexity index is 1190. The van der Waals surface area contributed by atoms with Crippen LogP contribution in [0.15, 0.2) is 36.4 Å². The van der Waals surface area contributed by atoms with Gasteiger partial charge in [0.05, 0.1) is 18.9 Å². The molecule has 4 amide bonds. The molecule has 0 radical (unpaired) electrons. The largest absolute Gasteiger partial charge is 0.496 e. The molecule has 0 aliphatic carbocycles. The number of carbonyl (C=O) groups excluding carboxylic acids is 3. The molecule has 3 rings (SSSR count). The zero-order chi connectivity index (χ0) is 24.3. The molecule has 3 N–H and O–H groups in total. The lowest BCUT2D eigenvalue weighted by molar-refractivity contribution is -0.120. The van der Waals surface area contributed by atoms with E-state index in [1.165, 1.54) is 24.1 Å². The van der Waals surface area contributed by atoms with Crippen molar-refractivity contribution in [2.24, 2.45) is 0 Å². The smallest absolute Gasteiger partial charge is 0.328 e. The number of benzene rings is 2. The molecule has 10 nitrogen and oxygen atoms in total. The van der Waals surface area contributed by atoms with E-state index < -0.39 is 22.0 Å². The second kappa shape index (κ2) is 9.49. The maximum absolute atomic E-state index is 13.2. The van der Waals surface area contributed by atoms with Crippen LogP contribution < -0.4 is 25.0 Å². The van der Waals surface area contributed by atoms with Crippen molar-refractivity contribution >= 4 is 44.9 Å². The van der Waals surface area contributed by atoms with Crippen molar-refractivity contribution in [1.82, 2.24) is 5.32 Å². The quantitative estimate of drug-likeness (QED) is 0.565. The molecular formula is C22H26N4O6S. The van der Waals surface area contributed by atoms with Gasteiger partial charge in [-0.3, -0.25) is 24.5 Å². The number of methoxy groups -OCH3 is 1. The molecule has 1 saturated heterocycles. The van der Waals surface area contributed by atoms with Crippen LogP contribution in [-0.4, -0.2) is 46.2 Å². The molecule has 0 aromatic heterocycles. The predicted octanol–water partition coefficient (Wildman–Crippen LogP) is 2.89. The van der Waals surface area contributed by atoms with Crippen molar-refractivity contribution in [2.45, 2.75) is 26.2 Å². The monoisotopic (exact) mass is 474 g/mol. The Kier molecular flexibility index (Phi) is 6.92. The first-order valence-corrected chi connectivity index (χ1v) is 12.1. The summed E-state index contributed by atoms with van der Waals surface area (Å²) < 4.78 is 30.6. The number of sulfonamides is 1. The lowest BCUT2D eigenvalue weighted by Gasteiger charge is -2.28. The van der Waals surface area contributed by atoms with E-state index in [0.717, 1.165) is 11.8 Å². The Morgan fingerprint density at radius 2 is 1.76 bits per heavy atom. The number of hydrogen-bond acceptors (Lipinski definition) is 6. The predicted molar refractivity (Wildman–Crippen MR) is 125 cm³/mol. The van der Waals surface area contributed by atoms with E-state index in [9.17, 15) is 22.8 Å². The summed E-state index contributed by atoms with van der Waals surface area (Å²) in [6, 6.07) is 8.96. The Hall–Kier alpha value is -3.60. The van der Waals surface area contributed by atoms with Gasteiger partial charge in [-0.15, -0.1) is 0 Å². The molecule has 1 heterocycles. The van der Waals surface area contributed by atoms with Gasteiger partial charge in [-0.2, -0.15) is 0 Å². The van der Waals surface area contributed by atoms with Crippen LogP contribution in [0.1, 0.15) is 42.1 Å². The second-order valence-electron chi connectivity index (χ2n) is 7.93. The molecule has 1 aliphatic heterocycles. The number of hydrogen-bond donors (Lipinski definition) is 3. The summed E-state index contributed by atoms with van der Waals surface area (Å²) in [6.07, 6.45) is 1.21. The highest BCUT2D eigenvalue weighted by Gasteiger charge is 2.28. The average Bonchev–Trinajstić information content (AvgIpc) is 2.73. The number of anilines is 3. The summed E-state index contributed by atoms with van der Waals surface area (Å²) in [5, 5.41) is 5.05. The standard InChI is InChI=1S/C22H26N4O6S/c1-13(2)17-11-16(26-10-9-19(27)24-22(26)29)12-18(20(17)32-3)21(28)23-14-5-7-15(8-6-14)25-33(4,30)31/h5-8,11-13,25H,9-10H2,1-4H3,(H,23,28)(H,24,27,29). The van der Waals surface area contributed by atoms with Crippen LogP contribution >= 0.6 is 0 Å². The van der Waals surface area contributed by atoms with E-state index in [1.807, 2.05) is 13.8 Å². The summed E-state index contributed by atoms with van der Waals surface area (Å²) >= 11 is 0. The molecule has 1 aliphatic rings. The SMILES string of the molecule is COc1c(C(=O)Nc2ccc(NS(C)(=O)=O)cc2)cc(N2CCC(=O)NC2=O)cc1C(C)C. The minimum absolute atomic E-state index is 0.0118. The van der Waals surface area contributed by atoms with Crippen LogP contribution in [0.4, 0.5) is 21.9 Å². The average molecular weight is 475 g/mol. The van der Waals surface area contributed by atoms with Crippen LogP contribution in [0.2, 0.25) is 0 Å². The summed E-state index contributed by atoms with van der Waals surface area (Å²) in [7, 11) is -1.95. The molecule has 176 valence electrons. The van der Waals surface area contributed by atoms with Crippen LogP contribution in [-0.2, 0) is 14.8 Å². The summed E-state index contributed by atoms with van der Waals surface area (Å²) in [5.74, 6) is -0.439. The summed E-state index contributed by atoms with van der Waals surface area (Å²) in [6.45, 7) is 4.08. The van der Waals surface area contributed by atoms with Crippen LogP contribution in [0, 0.1) is 0 Å². The van der Waals surface area contributed by atoms with Gasteiger partial charge in [-0.25, -0.2) is 13.2 Å². The topological polar surface area (TPSA) is 134 Å². The lowest BCUT2D eigenvalue weighted by Crippen LogP contribution is -2.49. The van der Waals surface area contributed by atoms with Gasteiger partial charge in [-0.1, -0.05) is 13.8 Å². The van der Waals surface area contributed by atoms with Gasteiger partial charge < -0.3 is 10.1 Å². The normalized spacial score (nSPS) is 14.2. The van der Waals surface area contributed by atoms with Gasteiger partial charge in [0.15, 0.2) is 0 Å². The van der Waals surface area contributed by atoms with Crippen molar-refractivity contribution in [1.29, 1.82) is 0 Å². The van der Waals surface area contributed by atoms with E-state index in [4.69, 9.17) is 4.74 Å². The molecule has 11 heteroatoms. The number of amides is 4. The van der Waals surface area contributed by atoms with E-state index in [2.05, 4.69) is 15.4 Å². The lowest BCUT2D eigenvalue weighted by atomic mass is 9.97. The molecule has 2 aromatic carbocycles. The van der Waals surface area contributed by atoms with Gasteiger partial charge in [0.2, 0.25) is 15.9 Å². The van der Waals surface area contributed by atoms with Gasteiger partial charge in [0.25, 0.3) is 5.91 Å². The molecule has 2 aromatic rings. The molecular weight excluding hydrogens is 448 g/mol. The van der Waals surface area contributed by atoms with Crippen LogP contribution in [0.5, 0.6) is 5.75 Å². The third kappa shape index (κ3) is 5.80. The molecule has 0 bridgehead atoms. The Morgan fingerprint density at radius 1 is 1.12 bits per heavy atom. The van der Waals surface area contributed by atoms with Gasteiger partial charge in [0.1, 0.15) is 5.75 Å². The Labute approximate surface area is 192 Å². The minimum Gasteiger partial charge on any atom is -0.496 e. The first-order chi connectivity index (χ1) is 15.5. The summed E-state index contributed by atoms with van der Waals surface area (Å²) in [4.78, 5) is 38.5. The third-order valence-corrected chi connectivity index (χ3v) is 5.59. The van der Waals surface area contributed by atoms with E-state index in [0.29, 0.717) is 22.8 Å². The minimum atomic E-state index is -3.41. The molecule has 0 unspecified atom stereocenters. The fraction of sp³-hybridized carbons (Fsp3) is 0.318. The highest BCUT2D eigenvalue weighted by atomic mass is 32.2. The zero-order valence-electron chi connectivity index (χ0n) is 18.8. The fourth-order valence-electron chi connectivity index (χ4n) is 3.46. The Morgan fingerprint density at radius 3 is 2.30 bits per heavy atom. The molecule has 0 spiro atoms. The van der Waals surface area contributed by atoms with E-state index in [-0.39, 0.29) is 30.4 Å². The first kappa shape index (κ1) is 24.1. The number of nitrogens with one attached hydrogen (secondary N) is 3. The molecule has 0 saturated carbocycles. The van der Waals surface area contributed by atoms with Crippen molar-refractivity contribution in [3.8, 4) is 5.75 Å². The van der Waals surface area contributed by atoms with Gasteiger partial charge >= 0.3 is 6.03 Å². The molecule has 1 fully saturated rings. The van der Waals surface area contributed by atoms with E-state index in [1.54, 1.807) is 24.3 Å². The van der Waals surface area contributed by atoms with Gasteiger partial charge in [0, 0.05) is 30.0 Å². The highest BCUT2D eigenvalue weighted by Crippen LogP contribution is 2.36. The number of ether oxygens (including phenoxy) is 1. The maximum Gasteiger partial charge on any atom is 0.328 e. The fourth-order valence-corrected chi connectivity index (χ4v) is 4.03. The highest BCUT2D eigenvalue weighted by molar-refractivity contribution is 7.92. The van der Waals surface area contributed by atoms with Crippen LogP contribution in [0.25, 0.3) is 0 Å². The summed E-state index contributed by atoms with van der Waals surface area (Å²) in [5.41, 5.74) is 2.24. The molecule has 0 atom stereocenters. The number of urea groups is 1. The number of imide groups is 1. The molecule has 33 heavy (non-hydrogen) atoms. The Balaban J connectivity index is 1.94.